The van der Waals surface area contributed by atoms with Gasteiger partial charge < -0.3 is 74.2 Å². The van der Waals surface area contributed by atoms with Crippen LogP contribution in [0.25, 0.3) is 0 Å². The molecular weight excluding hydrogens is 1030 g/mol. The fraction of sp³-hybridized carbons (Fsp3) is 0.885. The first kappa shape index (κ1) is 65.1. The van der Waals surface area contributed by atoms with E-state index in [0.29, 0.717) is 63.6 Å². The highest BCUT2D eigenvalue weighted by atomic mass is 19.1. The first-order valence-corrected chi connectivity index (χ1v) is 30.0. The van der Waals surface area contributed by atoms with E-state index >= 15 is 4.39 Å². The molecule has 0 spiro atoms. The van der Waals surface area contributed by atoms with Crippen LogP contribution < -0.4 is 5.32 Å². The Morgan fingerprint density at radius 2 is 1.59 bits per heavy atom. The lowest BCUT2D eigenvalue weighted by Crippen LogP contribution is -2.70. The van der Waals surface area contributed by atoms with Gasteiger partial charge in [0.2, 0.25) is 0 Å². The minimum atomic E-state index is -2.09. The van der Waals surface area contributed by atoms with Crippen molar-refractivity contribution in [3.8, 4) is 0 Å². The van der Waals surface area contributed by atoms with E-state index in [9.17, 15) is 45.0 Å². The van der Waals surface area contributed by atoms with Gasteiger partial charge in [-0.3, -0.25) is 14.4 Å². The number of hydrogen-bond donors (Lipinski definition) is 7. The summed E-state index contributed by atoms with van der Waals surface area (Å²) in [4.78, 5) is 45.2. The second kappa shape index (κ2) is 24.1. The lowest BCUT2D eigenvalue weighted by atomic mass is 9.44. The number of hydrogen-bond acceptors (Lipinski definition) is 17. The van der Waals surface area contributed by atoms with Crippen molar-refractivity contribution in [1.29, 1.82) is 0 Å². The predicted octanol–water partition coefficient (Wildman–Crippen LogP) is 5.15. The Balaban J connectivity index is 1.09. The number of nitrogens with one attached hydrogen (secondary N) is 1. The molecule has 3 saturated heterocycles. The third-order valence-electron chi connectivity index (χ3n) is 21.4. The number of aliphatic hydroxyl groups excluding tert-OH is 3. The molecule has 0 aromatic heterocycles. The monoisotopic (exact) mass is 1140 g/mol. The Labute approximate surface area is 475 Å². The van der Waals surface area contributed by atoms with Crippen LogP contribution in [0.1, 0.15) is 154 Å². The summed E-state index contributed by atoms with van der Waals surface area (Å²) in [7, 11) is 5.34. The smallest absolute Gasteiger partial charge is 0.311 e. The molecule has 7 N–H and O–H groups in total. The number of methoxy groups -OCH3 is 1. The van der Waals surface area contributed by atoms with Crippen LogP contribution >= 0.6 is 0 Å². The molecule has 0 radical (unpaired) electrons. The van der Waals surface area contributed by atoms with Gasteiger partial charge in [0.25, 0.3) is 5.91 Å². The predicted molar refractivity (Wildman–Crippen MR) is 297 cm³/mol. The average Bonchev–Trinajstić information content (AvgIpc) is 3.84. The summed E-state index contributed by atoms with van der Waals surface area (Å²) in [5.74, 6) is -5.12. The van der Waals surface area contributed by atoms with Crippen LogP contribution in [0.4, 0.5) is 4.39 Å². The SMILES string of the molecule is CC[C@H]1OC(=O)[C@H](C)[C@@H](O[C@H]2C[C@@](C)(OC)C[C@H](C)O2)[C@H](C)[C@@H](O[C@@H]2O[C@H](C)C[C@H](N(C)CCCNC(=O)[C@@]3(O)[C@H](C)CC4C5CCC6=CC(=O)C=C[C@]6(C)[C@@]5(F)[C@@H](O)C[C@@]43C)[C@H]2O)[C@](C)(O)C[C@@H](C)CN(C)[C@H](C)[C@@H](O)[C@]1(C)O. The lowest BCUT2D eigenvalue weighted by Gasteiger charge is -2.62. The van der Waals surface area contributed by atoms with Crippen LogP contribution in [0.3, 0.4) is 0 Å². The van der Waals surface area contributed by atoms with Crippen molar-refractivity contribution in [3.05, 3.63) is 23.8 Å². The van der Waals surface area contributed by atoms with Crippen LogP contribution in [0.15, 0.2) is 23.8 Å². The molecule has 2 unspecified atom stereocenters. The van der Waals surface area contributed by atoms with Crippen molar-refractivity contribution < 1.29 is 77.8 Å². The fourth-order valence-electron chi connectivity index (χ4n) is 16.6. The van der Waals surface area contributed by atoms with E-state index in [2.05, 4.69) is 5.32 Å². The van der Waals surface area contributed by atoms with Gasteiger partial charge in [-0.25, -0.2) is 4.39 Å². The number of cyclic esters (lactones) is 1. The summed E-state index contributed by atoms with van der Waals surface area (Å²) in [6.45, 7) is 24.3. The van der Waals surface area contributed by atoms with E-state index in [4.69, 9.17) is 28.4 Å². The number of nitrogens with zero attached hydrogens (tertiary/aromatic N) is 2. The maximum atomic E-state index is 17.8. The highest BCUT2D eigenvalue weighted by Gasteiger charge is 2.76. The van der Waals surface area contributed by atoms with Gasteiger partial charge in [-0.15, -0.1) is 0 Å². The normalized spacial score (nSPS) is 49.9. The van der Waals surface area contributed by atoms with E-state index in [0.717, 1.165) is 0 Å². The van der Waals surface area contributed by atoms with Crippen LogP contribution in [0.5, 0.6) is 0 Å². The summed E-state index contributed by atoms with van der Waals surface area (Å²) >= 11 is 0. The summed E-state index contributed by atoms with van der Waals surface area (Å²) < 4.78 is 56.6. The summed E-state index contributed by atoms with van der Waals surface area (Å²) in [6, 6.07) is -1.10. The fourth-order valence-corrected chi connectivity index (χ4v) is 16.6. The van der Waals surface area contributed by atoms with Gasteiger partial charge in [0.15, 0.2) is 29.6 Å². The molecule has 18 nitrogen and oxygen atoms in total. The zero-order valence-electron chi connectivity index (χ0n) is 50.9. The zero-order valence-corrected chi connectivity index (χ0v) is 50.9. The summed E-state index contributed by atoms with van der Waals surface area (Å²) in [5.41, 5.74) is -9.75. The maximum absolute atomic E-state index is 17.8. The van der Waals surface area contributed by atoms with Crippen molar-refractivity contribution in [2.24, 2.45) is 46.3 Å². The molecule has 1 amide bonds. The minimum Gasteiger partial charge on any atom is -0.459 e. The van der Waals surface area contributed by atoms with Gasteiger partial charge in [0, 0.05) is 67.8 Å². The van der Waals surface area contributed by atoms with Gasteiger partial charge in [0.05, 0.1) is 47.6 Å². The Kier molecular flexibility index (Phi) is 19.6. The molecule has 19 heteroatoms. The summed E-state index contributed by atoms with van der Waals surface area (Å²) in [5, 5.41) is 76.4. The topological polar surface area (TPSA) is 246 Å². The molecule has 458 valence electrons. The second-order valence-corrected chi connectivity index (χ2v) is 27.5. The third kappa shape index (κ3) is 11.8. The number of fused-ring (bicyclic) bond motifs is 5. The Morgan fingerprint density at radius 3 is 2.24 bits per heavy atom. The molecule has 0 aromatic carbocycles. The van der Waals surface area contributed by atoms with Crippen molar-refractivity contribution in [3.63, 3.8) is 0 Å². The largest absolute Gasteiger partial charge is 0.459 e. The van der Waals surface area contributed by atoms with Crippen molar-refractivity contribution in [1.82, 2.24) is 15.1 Å². The standard InChI is InChI=1S/C61H102FN3O15/c1-17-46-59(13,73)50(69)39(8)65(15)32-33(2)28-58(12,72)51(37(6)49(38(7)52(70)78-46)79-47-31-55(9,75-16)29-36(5)76-47)80-53-48(68)44(26-35(4)77-53)64(14)24-18-23-63-54(71)61(74)34(3)25-43-42-20-19-40-27-41(66)21-22-56(40,10)60(42,62)45(67)30-57(43,61)11/h21-22,27,33-39,42-51,53,67-69,72-74H,17-20,23-26,28-32H2,1-16H3,(H,63,71)/t33-,34-,35-,36+,37+,38-,39-,42?,43?,44+,45+,46-,47+,48-,49+,50-,51-,53+,55+,56+,57+,58-,59-,60+,61+/m1/s1. The number of carbonyl (C=O) groups excluding carboxylic acids is 3. The molecule has 3 saturated carbocycles. The number of halogens is 1. The van der Waals surface area contributed by atoms with E-state index in [1.807, 2.05) is 72.4 Å². The van der Waals surface area contributed by atoms with Crippen LogP contribution in [-0.4, -0.2) is 201 Å². The number of ketones is 1. The molecule has 0 aromatic rings. The number of carbonyl (C=O) groups is 3. The number of likely N-dealkylation sites (N-methyl/N-ethyl adjacent to an activating group) is 2. The molecule has 0 bridgehead atoms. The Bertz CT molecular complexity index is 2270. The first-order valence-electron chi connectivity index (χ1n) is 30.0. The van der Waals surface area contributed by atoms with E-state index in [1.54, 1.807) is 47.8 Å². The molecule has 3 aliphatic heterocycles. The van der Waals surface area contributed by atoms with Gasteiger partial charge in [0.1, 0.15) is 23.9 Å². The third-order valence-corrected chi connectivity index (χ3v) is 21.4. The molecule has 3 heterocycles. The van der Waals surface area contributed by atoms with Crippen LogP contribution in [0.2, 0.25) is 0 Å². The molecule has 7 rings (SSSR count). The Hall–Kier alpha value is -2.50. The van der Waals surface area contributed by atoms with Crippen molar-refractivity contribution in [2.75, 3.05) is 40.8 Å². The number of alkyl halides is 1. The minimum absolute atomic E-state index is 0.129. The van der Waals surface area contributed by atoms with E-state index in [1.165, 1.54) is 19.1 Å². The zero-order chi connectivity index (χ0) is 59.6. The highest BCUT2D eigenvalue weighted by Crippen LogP contribution is 2.70. The lowest BCUT2D eigenvalue weighted by molar-refractivity contribution is -0.310. The van der Waals surface area contributed by atoms with Crippen molar-refractivity contribution >= 4 is 17.7 Å². The quantitative estimate of drug-likeness (QED) is 0.0986. The Morgan fingerprint density at radius 1 is 0.912 bits per heavy atom. The maximum Gasteiger partial charge on any atom is 0.311 e. The summed E-state index contributed by atoms with van der Waals surface area (Å²) in [6.07, 6.45) is -2.40. The number of ether oxygens (including phenoxy) is 6. The van der Waals surface area contributed by atoms with Crippen LogP contribution in [-0.2, 0) is 42.8 Å². The molecule has 4 aliphatic carbocycles. The number of aliphatic hydroxyl groups is 6. The molecule has 6 fully saturated rings. The molecular formula is C61H102FN3O15. The van der Waals surface area contributed by atoms with Crippen LogP contribution in [0, 0.1) is 46.3 Å². The number of amides is 1. The van der Waals surface area contributed by atoms with Gasteiger partial charge in [-0.1, -0.05) is 46.3 Å². The van der Waals surface area contributed by atoms with E-state index < -0.39 is 148 Å². The molecule has 80 heavy (non-hydrogen) atoms. The van der Waals surface area contributed by atoms with Gasteiger partial charge in [-0.05, 0) is 157 Å². The first-order chi connectivity index (χ1) is 37.1. The molecule has 7 aliphatic rings. The van der Waals surface area contributed by atoms with E-state index in [-0.39, 0.29) is 43.6 Å². The van der Waals surface area contributed by atoms with Gasteiger partial charge >= 0.3 is 5.97 Å². The van der Waals surface area contributed by atoms with Gasteiger partial charge in [-0.2, -0.15) is 0 Å². The second-order valence-electron chi connectivity index (χ2n) is 27.5. The highest BCUT2D eigenvalue weighted by molar-refractivity contribution is 6.01. The molecule has 25 atom stereocenters. The number of rotatable bonds is 12. The number of esters is 1. The average molecular weight is 1140 g/mol. The number of allylic oxidation sites excluding steroid dienone is 4. The van der Waals surface area contributed by atoms with Crippen molar-refractivity contribution in [2.45, 2.75) is 256 Å².